The van der Waals surface area contributed by atoms with E-state index < -0.39 is 5.60 Å². The van der Waals surface area contributed by atoms with Crippen molar-refractivity contribution in [3.63, 3.8) is 0 Å². The van der Waals surface area contributed by atoms with Crippen LogP contribution in [0, 0.1) is 0 Å². The lowest BCUT2D eigenvalue weighted by atomic mass is 9.96. The van der Waals surface area contributed by atoms with Crippen LogP contribution in [0.15, 0.2) is 25.0 Å². The van der Waals surface area contributed by atoms with E-state index in [1.807, 2.05) is 31.7 Å². The first-order valence-corrected chi connectivity index (χ1v) is 8.50. The Balaban J connectivity index is 2.29. The number of ether oxygens (including phenoxy) is 2. The number of rotatable bonds is 3. The maximum atomic E-state index is 12.7. The first kappa shape index (κ1) is 18.3. The Morgan fingerprint density at radius 1 is 1.33 bits per heavy atom. The zero-order valence-electron chi connectivity index (χ0n) is 15.2. The van der Waals surface area contributed by atoms with Gasteiger partial charge in [0.2, 0.25) is 0 Å². The molecule has 2 rings (SSSR count). The molecule has 0 N–H and O–H groups in total. The fourth-order valence-electron chi connectivity index (χ4n) is 2.99. The summed E-state index contributed by atoms with van der Waals surface area (Å²) in [4.78, 5) is 18.7. The minimum atomic E-state index is -0.513. The fourth-order valence-corrected chi connectivity index (χ4v) is 2.99. The van der Waals surface area contributed by atoms with Crippen LogP contribution in [-0.4, -0.2) is 41.3 Å². The van der Waals surface area contributed by atoms with Gasteiger partial charge >= 0.3 is 6.09 Å². The standard InChI is InChI=1S/C19H28N2O3/c1-14(15-13-20-11-10-17(15)23-5)16-9-7-6-8-12-21(16)18(22)24-19(2,3)4/h10-11,13,16H,1,6-9,12H2,2-5H3/t16-/m1/s1. The first-order chi connectivity index (χ1) is 11.3. The van der Waals surface area contributed by atoms with Crippen LogP contribution in [0.4, 0.5) is 4.79 Å². The average Bonchev–Trinajstić information content (AvgIpc) is 2.78. The summed E-state index contributed by atoms with van der Waals surface area (Å²) in [6.07, 6.45) is 7.17. The van der Waals surface area contributed by atoms with Crippen LogP contribution in [-0.2, 0) is 4.74 Å². The summed E-state index contributed by atoms with van der Waals surface area (Å²) < 4.78 is 11.0. The van der Waals surface area contributed by atoms with Crippen molar-refractivity contribution in [2.45, 2.75) is 58.1 Å². The number of methoxy groups -OCH3 is 1. The van der Waals surface area contributed by atoms with Crippen molar-refractivity contribution < 1.29 is 14.3 Å². The van der Waals surface area contributed by atoms with Crippen molar-refractivity contribution in [2.24, 2.45) is 0 Å². The Morgan fingerprint density at radius 3 is 2.75 bits per heavy atom. The van der Waals surface area contributed by atoms with Crippen LogP contribution in [0.1, 0.15) is 52.0 Å². The van der Waals surface area contributed by atoms with Gasteiger partial charge < -0.3 is 14.4 Å². The third-order valence-electron chi connectivity index (χ3n) is 4.13. The zero-order chi connectivity index (χ0) is 17.7. The third-order valence-corrected chi connectivity index (χ3v) is 4.13. The molecule has 0 aromatic carbocycles. The van der Waals surface area contributed by atoms with Gasteiger partial charge in [0.25, 0.3) is 0 Å². The number of carbonyl (C=O) groups excluding carboxylic acids is 1. The van der Waals surface area contributed by atoms with Crippen molar-refractivity contribution in [2.75, 3.05) is 13.7 Å². The minimum absolute atomic E-state index is 0.0968. The topological polar surface area (TPSA) is 51.7 Å². The van der Waals surface area contributed by atoms with Gasteiger partial charge in [-0.25, -0.2) is 4.79 Å². The Morgan fingerprint density at radius 2 is 2.08 bits per heavy atom. The van der Waals surface area contributed by atoms with Gasteiger partial charge in [0.15, 0.2) is 0 Å². The van der Waals surface area contributed by atoms with Gasteiger partial charge in [-0.05, 0) is 45.3 Å². The number of amides is 1. The molecule has 5 heteroatoms. The van der Waals surface area contributed by atoms with Crippen LogP contribution in [0.2, 0.25) is 0 Å². The second-order valence-electron chi connectivity index (χ2n) is 7.14. The minimum Gasteiger partial charge on any atom is -0.496 e. The fraction of sp³-hybridized carbons (Fsp3) is 0.579. The second kappa shape index (κ2) is 7.69. The lowest BCUT2D eigenvalue weighted by Gasteiger charge is -2.33. The molecule has 1 aromatic heterocycles. The highest BCUT2D eigenvalue weighted by Gasteiger charge is 2.32. The molecule has 1 atom stereocenters. The maximum Gasteiger partial charge on any atom is 0.410 e. The van der Waals surface area contributed by atoms with Crippen molar-refractivity contribution in [1.82, 2.24) is 9.88 Å². The number of likely N-dealkylation sites (tertiary alicyclic amines) is 1. The molecule has 1 amide bonds. The molecule has 2 heterocycles. The molecule has 0 saturated carbocycles. The van der Waals surface area contributed by atoms with Crippen LogP contribution in [0.3, 0.4) is 0 Å². The molecule has 1 aromatic rings. The smallest absolute Gasteiger partial charge is 0.410 e. The third kappa shape index (κ3) is 4.49. The summed E-state index contributed by atoms with van der Waals surface area (Å²) >= 11 is 0. The van der Waals surface area contributed by atoms with E-state index in [0.717, 1.165) is 42.6 Å². The number of pyridine rings is 1. The molecule has 132 valence electrons. The maximum absolute atomic E-state index is 12.7. The predicted octanol–water partition coefficient (Wildman–Crippen LogP) is 4.28. The van der Waals surface area contributed by atoms with Gasteiger partial charge in [0.1, 0.15) is 11.4 Å². The van der Waals surface area contributed by atoms with Crippen LogP contribution in [0.25, 0.3) is 5.57 Å². The zero-order valence-corrected chi connectivity index (χ0v) is 15.2. The van der Waals surface area contributed by atoms with Gasteiger partial charge in [-0.15, -0.1) is 0 Å². The Labute approximate surface area is 144 Å². The highest BCUT2D eigenvalue weighted by atomic mass is 16.6. The quantitative estimate of drug-likeness (QED) is 0.829. The summed E-state index contributed by atoms with van der Waals surface area (Å²) in [5.74, 6) is 0.725. The van der Waals surface area contributed by atoms with E-state index in [2.05, 4.69) is 11.6 Å². The molecule has 1 aliphatic heterocycles. The largest absolute Gasteiger partial charge is 0.496 e. The van der Waals surface area contributed by atoms with E-state index in [1.165, 1.54) is 0 Å². The molecule has 0 aliphatic carbocycles. The summed E-state index contributed by atoms with van der Waals surface area (Å²) in [6.45, 7) is 10.6. The lowest BCUT2D eigenvalue weighted by Crippen LogP contribution is -2.43. The van der Waals surface area contributed by atoms with E-state index in [4.69, 9.17) is 9.47 Å². The van der Waals surface area contributed by atoms with Gasteiger partial charge in [0, 0.05) is 24.5 Å². The second-order valence-corrected chi connectivity index (χ2v) is 7.14. The average molecular weight is 332 g/mol. The number of carbonyl (C=O) groups is 1. The summed E-state index contributed by atoms with van der Waals surface area (Å²) in [5.41, 5.74) is 1.19. The molecule has 0 bridgehead atoms. The molecule has 24 heavy (non-hydrogen) atoms. The van der Waals surface area contributed by atoms with Gasteiger partial charge in [-0.3, -0.25) is 4.98 Å². The molecule has 1 aliphatic rings. The van der Waals surface area contributed by atoms with E-state index in [0.29, 0.717) is 6.54 Å². The van der Waals surface area contributed by atoms with Crippen molar-refractivity contribution >= 4 is 11.7 Å². The molecular weight excluding hydrogens is 304 g/mol. The summed E-state index contributed by atoms with van der Waals surface area (Å²) in [5, 5.41) is 0. The number of hydrogen-bond donors (Lipinski definition) is 0. The lowest BCUT2D eigenvalue weighted by molar-refractivity contribution is 0.0212. The Hall–Kier alpha value is -2.04. The highest BCUT2D eigenvalue weighted by Crippen LogP contribution is 2.33. The van der Waals surface area contributed by atoms with Crippen LogP contribution in [0.5, 0.6) is 5.75 Å². The molecule has 0 radical (unpaired) electrons. The highest BCUT2D eigenvalue weighted by molar-refractivity contribution is 5.77. The van der Waals surface area contributed by atoms with E-state index in [1.54, 1.807) is 19.5 Å². The predicted molar refractivity (Wildman–Crippen MR) is 95.0 cm³/mol. The molecular formula is C19H28N2O3. The van der Waals surface area contributed by atoms with Gasteiger partial charge in [0.05, 0.1) is 13.2 Å². The molecule has 5 nitrogen and oxygen atoms in total. The number of hydrogen-bond acceptors (Lipinski definition) is 4. The normalized spacial score (nSPS) is 18.7. The van der Waals surface area contributed by atoms with Crippen molar-refractivity contribution in [1.29, 1.82) is 0 Å². The van der Waals surface area contributed by atoms with E-state index >= 15 is 0 Å². The molecule has 0 spiro atoms. The van der Waals surface area contributed by atoms with Crippen LogP contribution < -0.4 is 4.74 Å². The van der Waals surface area contributed by atoms with Gasteiger partial charge in [-0.2, -0.15) is 0 Å². The summed E-state index contributed by atoms with van der Waals surface area (Å²) in [6, 6.07) is 1.72. The molecule has 0 unspecified atom stereocenters. The Bertz CT molecular complexity index is 593. The number of aromatic nitrogens is 1. The van der Waals surface area contributed by atoms with E-state index in [-0.39, 0.29) is 12.1 Å². The molecule has 1 saturated heterocycles. The van der Waals surface area contributed by atoms with Crippen LogP contribution >= 0.6 is 0 Å². The number of nitrogens with zero attached hydrogens (tertiary/aromatic N) is 2. The summed E-state index contributed by atoms with van der Waals surface area (Å²) in [7, 11) is 1.63. The first-order valence-electron chi connectivity index (χ1n) is 8.50. The van der Waals surface area contributed by atoms with Crippen molar-refractivity contribution in [3.05, 3.63) is 30.6 Å². The van der Waals surface area contributed by atoms with E-state index in [9.17, 15) is 4.79 Å². The monoisotopic (exact) mass is 332 g/mol. The van der Waals surface area contributed by atoms with Crippen molar-refractivity contribution in [3.8, 4) is 5.75 Å². The molecule has 1 fully saturated rings. The van der Waals surface area contributed by atoms with Gasteiger partial charge in [-0.1, -0.05) is 19.4 Å². The Kier molecular flexibility index (Phi) is 5.86. The SMILES string of the molecule is C=C(c1cnccc1OC)[C@H]1CCCCCN1C(=O)OC(C)(C)C.